The molecule has 4 rings (SSSR count). The summed E-state index contributed by atoms with van der Waals surface area (Å²) < 4.78 is 34.3. The summed E-state index contributed by atoms with van der Waals surface area (Å²) in [6.07, 6.45) is 1.81. The van der Waals surface area contributed by atoms with Gasteiger partial charge in [-0.05, 0) is 19.4 Å². The molecule has 0 unspecified atom stereocenters. The summed E-state index contributed by atoms with van der Waals surface area (Å²) in [6, 6.07) is 9.96. The van der Waals surface area contributed by atoms with E-state index in [-0.39, 0.29) is 35.4 Å². The molecule has 3 heterocycles. The van der Waals surface area contributed by atoms with E-state index in [2.05, 4.69) is 10.1 Å². The lowest BCUT2D eigenvalue weighted by atomic mass is 10.2. The molecular formula is C21H25N5O4S2. The Morgan fingerprint density at radius 1 is 1.12 bits per heavy atom. The fourth-order valence-electron chi connectivity index (χ4n) is 3.77. The van der Waals surface area contributed by atoms with Crippen LogP contribution in [-0.2, 0) is 21.9 Å². The average Bonchev–Trinajstić information content (AvgIpc) is 3.34. The van der Waals surface area contributed by atoms with Gasteiger partial charge in [0.2, 0.25) is 15.9 Å². The third kappa shape index (κ3) is 4.32. The second-order valence-corrected chi connectivity index (χ2v) is 10.4. The summed E-state index contributed by atoms with van der Waals surface area (Å²) in [6.45, 7) is 4.37. The Hall–Kier alpha value is -2.63. The Labute approximate surface area is 191 Å². The highest BCUT2D eigenvalue weighted by atomic mass is 32.2. The molecular weight excluding hydrogens is 450 g/mol. The first-order valence-electron chi connectivity index (χ1n) is 10.2. The molecule has 0 saturated carbocycles. The van der Waals surface area contributed by atoms with Crippen LogP contribution in [0.1, 0.15) is 11.5 Å². The number of aromatic nitrogens is 3. The minimum Gasteiger partial charge on any atom is -0.360 e. The number of benzene rings is 1. The molecule has 2 aromatic heterocycles. The van der Waals surface area contributed by atoms with E-state index < -0.39 is 10.0 Å². The Kier molecular flexibility index (Phi) is 6.40. The Morgan fingerprint density at radius 3 is 2.44 bits per heavy atom. The number of aryl methyl sites for hydroxylation is 2. The number of carbonyl (C=O) groups is 1. The van der Waals surface area contributed by atoms with Gasteiger partial charge in [-0.2, -0.15) is 4.31 Å². The van der Waals surface area contributed by atoms with Gasteiger partial charge in [-0.3, -0.25) is 4.79 Å². The number of rotatable bonds is 6. The third-order valence-electron chi connectivity index (χ3n) is 5.50. The van der Waals surface area contributed by atoms with Crippen LogP contribution in [0.4, 0.5) is 0 Å². The molecule has 170 valence electrons. The maximum absolute atomic E-state index is 12.9. The smallest absolute Gasteiger partial charge is 0.248 e. The monoisotopic (exact) mass is 475 g/mol. The van der Waals surface area contributed by atoms with Crippen molar-refractivity contribution < 1.29 is 17.7 Å². The Bertz CT molecular complexity index is 1190. The van der Waals surface area contributed by atoms with Crippen LogP contribution in [0.5, 0.6) is 0 Å². The summed E-state index contributed by atoms with van der Waals surface area (Å²) in [5.41, 5.74) is 2.40. The molecule has 0 spiro atoms. The van der Waals surface area contributed by atoms with Gasteiger partial charge in [0.05, 0.1) is 17.6 Å². The van der Waals surface area contributed by atoms with Gasteiger partial charge in [0.25, 0.3) is 0 Å². The van der Waals surface area contributed by atoms with E-state index >= 15 is 0 Å². The van der Waals surface area contributed by atoms with Crippen molar-refractivity contribution in [2.24, 2.45) is 7.05 Å². The van der Waals surface area contributed by atoms with Crippen LogP contribution < -0.4 is 0 Å². The number of thioether (sulfide) groups is 1. The molecule has 0 bridgehead atoms. The second kappa shape index (κ2) is 9.08. The minimum atomic E-state index is -3.69. The summed E-state index contributed by atoms with van der Waals surface area (Å²) in [4.78, 5) is 19.0. The van der Waals surface area contributed by atoms with Gasteiger partial charge in [-0.1, -0.05) is 47.3 Å². The average molecular weight is 476 g/mol. The van der Waals surface area contributed by atoms with E-state index in [1.165, 1.54) is 16.1 Å². The molecule has 9 nitrogen and oxygen atoms in total. The first-order chi connectivity index (χ1) is 15.3. The summed E-state index contributed by atoms with van der Waals surface area (Å²) in [5, 5.41) is 4.51. The predicted octanol–water partition coefficient (Wildman–Crippen LogP) is 2.32. The van der Waals surface area contributed by atoms with Crippen molar-refractivity contribution in [2.75, 3.05) is 31.9 Å². The van der Waals surface area contributed by atoms with Crippen LogP contribution >= 0.6 is 11.8 Å². The maximum Gasteiger partial charge on any atom is 0.248 e. The molecule has 32 heavy (non-hydrogen) atoms. The normalized spacial score (nSPS) is 15.3. The molecule has 1 aliphatic rings. The number of amides is 1. The molecule has 1 aromatic carbocycles. The van der Waals surface area contributed by atoms with Crippen molar-refractivity contribution in [3.63, 3.8) is 0 Å². The van der Waals surface area contributed by atoms with E-state index in [4.69, 9.17) is 4.52 Å². The van der Waals surface area contributed by atoms with Crippen molar-refractivity contribution in [3.8, 4) is 11.3 Å². The third-order valence-corrected chi connectivity index (χ3v) is 8.67. The zero-order valence-electron chi connectivity index (χ0n) is 18.2. The van der Waals surface area contributed by atoms with Crippen molar-refractivity contribution >= 4 is 27.7 Å². The number of hydrogen-bond acceptors (Lipinski definition) is 7. The molecule has 1 fully saturated rings. The largest absolute Gasteiger partial charge is 0.360 e. The fraction of sp³-hybridized carbons (Fsp3) is 0.381. The van der Waals surface area contributed by atoms with Crippen molar-refractivity contribution in [1.29, 1.82) is 0 Å². The van der Waals surface area contributed by atoms with E-state index in [9.17, 15) is 13.2 Å². The van der Waals surface area contributed by atoms with Gasteiger partial charge in [0.1, 0.15) is 10.6 Å². The minimum absolute atomic E-state index is 0.0337. The van der Waals surface area contributed by atoms with Gasteiger partial charge in [0, 0.05) is 33.2 Å². The van der Waals surface area contributed by atoms with Crippen LogP contribution in [0.25, 0.3) is 11.3 Å². The second-order valence-electron chi connectivity index (χ2n) is 7.58. The van der Waals surface area contributed by atoms with E-state index in [1.54, 1.807) is 24.9 Å². The molecule has 0 atom stereocenters. The fourth-order valence-corrected chi connectivity index (χ4v) is 6.34. The number of piperazine rings is 1. The Balaban J connectivity index is 1.34. The van der Waals surface area contributed by atoms with Crippen molar-refractivity contribution in [1.82, 2.24) is 23.9 Å². The van der Waals surface area contributed by atoms with Gasteiger partial charge in [0.15, 0.2) is 10.9 Å². The van der Waals surface area contributed by atoms with Crippen LogP contribution in [-0.4, -0.2) is 70.2 Å². The number of carbonyl (C=O) groups excluding carboxylic acids is 1. The number of hydrogen-bond donors (Lipinski definition) is 0. The Morgan fingerprint density at radius 2 is 1.81 bits per heavy atom. The zero-order chi connectivity index (χ0) is 22.9. The lowest BCUT2D eigenvalue weighted by Crippen LogP contribution is -2.51. The maximum atomic E-state index is 12.9. The van der Waals surface area contributed by atoms with Gasteiger partial charge < -0.3 is 14.0 Å². The molecule has 0 aliphatic carbocycles. The molecule has 1 amide bonds. The highest BCUT2D eigenvalue weighted by molar-refractivity contribution is 7.99. The van der Waals surface area contributed by atoms with Crippen molar-refractivity contribution in [2.45, 2.75) is 23.9 Å². The molecule has 11 heteroatoms. The lowest BCUT2D eigenvalue weighted by Gasteiger charge is -2.33. The first-order valence-corrected chi connectivity index (χ1v) is 12.6. The van der Waals surface area contributed by atoms with Crippen molar-refractivity contribution in [3.05, 3.63) is 48.0 Å². The molecule has 1 saturated heterocycles. The summed E-state index contributed by atoms with van der Waals surface area (Å²) in [5.74, 6) is 0.492. The quantitative estimate of drug-likeness (QED) is 0.504. The van der Waals surface area contributed by atoms with Gasteiger partial charge >= 0.3 is 0 Å². The lowest BCUT2D eigenvalue weighted by molar-refractivity contribution is -0.129. The van der Waals surface area contributed by atoms with Crippen LogP contribution in [0, 0.1) is 13.8 Å². The number of imidazole rings is 1. The number of sulfonamides is 1. The van der Waals surface area contributed by atoms with E-state index in [1.807, 2.05) is 41.9 Å². The summed E-state index contributed by atoms with van der Waals surface area (Å²) >= 11 is 1.38. The van der Waals surface area contributed by atoms with Crippen LogP contribution in [0.15, 0.2) is 51.1 Å². The van der Waals surface area contributed by atoms with E-state index in [0.29, 0.717) is 18.8 Å². The highest BCUT2D eigenvalue weighted by Crippen LogP contribution is 2.26. The standard InChI is InChI=1S/C21H25N5O4S2/c1-15-20(16(2)30-23-15)32(28,29)26-11-9-25(10-12-26)19(27)14-31-21-22-13-18(24(21)3)17-7-5-4-6-8-17/h4-8,13H,9-12,14H2,1-3H3. The first kappa shape index (κ1) is 22.6. The van der Waals surface area contributed by atoms with Crippen LogP contribution in [0.2, 0.25) is 0 Å². The molecule has 3 aromatic rings. The molecule has 1 aliphatic heterocycles. The van der Waals surface area contributed by atoms with E-state index in [0.717, 1.165) is 16.4 Å². The topological polar surface area (TPSA) is 102 Å². The van der Waals surface area contributed by atoms with Gasteiger partial charge in [-0.25, -0.2) is 13.4 Å². The molecule has 0 radical (unpaired) electrons. The highest BCUT2D eigenvalue weighted by Gasteiger charge is 2.34. The van der Waals surface area contributed by atoms with Gasteiger partial charge in [-0.15, -0.1) is 0 Å². The number of nitrogens with zero attached hydrogens (tertiary/aromatic N) is 5. The molecule has 0 N–H and O–H groups in total. The summed E-state index contributed by atoms with van der Waals surface area (Å²) in [7, 11) is -1.76. The SMILES string of the molecule is Cc1noc(C)c1S(=O)(=O)N1CCN(C(=O)CSc2ncc(-c3ccccc3)n2C)CC1. The van der Waals surface area contributed by atoms with Crippen LogP contribution in [0.3, 0.4) is 0 Å². The predicted molar refractivity (Wildman–Crippen MR) is 121 cm³/mol. The zero-order valence-corrected chi connectivity index (χ0v) is 19.8.